The van der Waals surface area contributed by atoms with Crippen LogP contribution in [-0.4, -0.2) is 35.0 Å². The highest BCUT2D eigenvalue weighted by Gasteiger charge is 2.45. The largest absolute Gasteiger partial charge is 0.508 e. The average Bonchev–Trinajstić information content (AvgIpc) is 3.44. The van der Waals surface area contributed by atoms with E-state index in [1.807, 2.05) is 12.1 Å². The maximum absolute atomic E-state index is 13.7. The molecule has 0 fully saturated rings. The van der Waals surface area contributed by atoms with E-state index < -0.39 is 23.5 Å². The van der Waals surface area contributed by atoms with E-state index in [0.717, 1.165) is 18.8 Å². The van der Waals surface area contributed by atoms with E-state index in [-0.39, 0.29) is 17.1 Å². The van der Waals surface area contributed by atoms with Crippen molar-refractivity contribution >= 4 is 45.6 Å². The van der Waals surface area contributed by atoms with Gasteiger partial charge in [0, 0.05) is 34.9 Å². The zero-order chi connectivity index (χ0) is 26.3. The van der Waals surface area contributed by atoms with Crippen molar-refractivity contribution in [2.45, 2.75) is 19.9 Å². The molecule has 0 saturated heterocycles. The van der Waals surface area contributed by atoms with Crippen LogP contribution in [0.4, 0.5) is 11.4 Å². The third-order valence-electron chi connectivity index (χ3n) is 6.62. The van der Waals surface area contributed by atoms with Crippen molar-refractivity contribution in [3.05, 3.63) is 100 Å². The smallest absolute Gasteiger partial charge is 0.294 e. The molecule has 4 aromatic rings. The summed E-state index contributed by atoms with van der Waals surface area (Å²) < 4.78 is 5.76. The Labute approximate surface area is 218 Å². The average molecular weight is 517 g/mol. The number of carbonyl (C=O) groups is 2. The zero-order valence-corrected chi connectivity index (χ0v) is 21.1. The molecule has 188 valence electrons. The molecule has 2 N–H and O–H groups in total. The molecule has 1 aliphatic heterocycles. The first-order valence-corrected chi connectivity index (χ1v) is 12.3. The number of hydrogen-bond acceptors (Lipinski definition) is 6. The molecule has 0 bridgehead atoms. The van der Waals surface area contributed by atoms with Crippen molar-refractivity contribution in [3.63, 3.8) is 0 Å². The lowest BCUT2D eigenvalue weighted by Gasteiger charge is -2.28. The number of carbonyl (C=O) groups excluding carboxylic acids is 2. The van der Waals surface area contributed by atoms with Crippen molar-refractivity contribution in [1.29, 1.82) is 0 Å². The predicted octanol–water partition coefficient (Wildman–Crippen LogP) is 6.42. The summed E-state index contributed by atoms with van der Waals surface area (Å²) in [6.07, 6.45) is 0. The van der Waals surface area contributed by atoms with E-state index in [1.54, 1.807) is 48.5 Å². The summed E-state index contributed by atoms with van der Waals surface area (Å²) >= 11 is 6.08. The van der Waals surface area contributed by atoms with E-state index >= 15 is 0 Å². The highest BCUT2D eigenvalue weighted by Crippen LogP contribution is 2.43. The Morgan fingerprint density at radius 1 is 0.973 bits per heavy atom. The molecular weight excluding hydrogens is 492 g/mol. The summed E-state index contributed by atoms with van der Waals surface area (Å²) in [7, 11) is 0. The predicted molar refractivity (Wildman–Crippen MR) is 144 cm³/mol. The van der Waals surface area contributed by atoms with Gasteiger partial charge in [-0.25, -0.2) is 0 Å². The summed E-state index contributed by atoms with van der Waals surface area (Å²) in [5.74, 6) is -1.93. The topological polar surface area (TPSA) is 94.2 Å². The quantitative estimate of drug-likeness (QED) is 0.275. The number of phenols is 1. The van der Waals surface area contributed by atoms with Gasteiger partial charge in [-0.3, -0.25) is 14.5 Å². The monoisotopic (exact) mass is 516 g/mol. The van der Waals surface area contributed by atoms with Crippen LogP contribution in [0, 0.1) is 0 Å². The Bertz CT molecular complexity index is 1520. The van der Waals surface area contributed by atoms with Gasteiger partial charge in [-0.05, 0) is 80.1 Å². The van der Waals surface area contributed by atoms with Gasteiger partial charge in [-0.1, -0.05) is 23.7 Å². The van der Waals surface area contributed by atoms with Crippen molar-refractivity contribution < 1.29 is 24.2 Å². The molecule has 5 rings (SSSR count). The molecular formula is C29H25ClN2O5. The van der Waals surface area contributed by atoms with Gasteiger partial charge in [-0.15, -0.1) is 0 Å². The fraction of sp³-hybridized carbons (Fsp3) is 0.172. The molecule has 1 unspecified atom stereocenters. The first kappa shape index (κ1) is 24.5. The summed E-state index contributed by atoms with van der Waals surface area (Å²) in [4.78, 5) is 30.7. The number of aliphatic hydroxyl groups excluding tert-OH is 1. The summed E-state index contributed by atoms with van der Waals surface area (Å²) in [6, 6.07) is 19.2. The van der Waals surface area contributed by atoms with Crippen LogP contribution in [0.3, 0.4) is 0 Å². The van der Waals surface area contributed by atoms with E-state index in [2.05, 4.69) is 18.7 Å². The third-order valence-corrected chi connectivity index (χ3v) is 6.86. The first-order valence-electron chi connectivity index (χ1n) is 12.0. The number of aromatic hydroxyl groups is 1. The van der Waals surface area contributed by atoms with Crippen molar-refractivity contribution in [2.24, 2.45) is 0 Å². The van der Waals surface area contributed by atoms with Crippen molar-refractivity contribution in [2.75, 3.05) is 22.9 Å². The van der Waals surface area contributed by atoms with Crippen LogP contribution in [0.1, 0.15) is 36.0 Å². The molecule has 7 nitrogen and oxygen atoms in total. The van der Waals surface area contributed by atoms with Crippen LogP contribution in [0.5, 0.6) is 5.75 Å². The Morgan fingerprint density at radius 3 is 2.30 bits per heavy atom. The number of nitrogens with zero attached hydrogens (tertiary/aromatic N) is 2. The number of ketones is 1. The molecule has 0 spiro atoms. The van der Waals surface area contributed by atoms with E-state index in [9.17, 15) is 19.8 Å². The Kier molecular flexibility index (Phi) is 6.39. The SMILES string of the molecule is CCN(CC)c1ccc(N2C(=O)C(O)=C(C(=O)c3cc4cc(Cl)ccc4o3)C2c2ccc(O)cc2)cc1. The normalized spacial score (nSPS) is 15.6. The molecule has 37 heavy (non-hydrogen) atoms. The minimum Gasteiger partial charge on any atom is -0.508 e. The number of furan rings is 1. The second kappa shape index (κ2) is 9.67. The maximum Gasteiger partial charge on any atom is 0.294 e. The van der Waals surface area contributed by atoms with Crippen LogP contribution in [-0.2, 0) is 4.79 Å². The molecule has 0 saturated carbocycles. The van der Waals surface area contributed by atoms with E-state index in [0.29, 0.717) is 27.2 Å². The molecule has 1 atom stereocenters. The number of Topliss-reactive ketones (excluding diaryl/α,β-unsaturated/α-hetero) is 1. The van der Waals surface area contributed by atoms with Crippen molar-refractivity contribution in [1.82, 2.24) is 0 Å². The molecule has 1 aromatic heterocycles. The van der Waals surface area contributed by atoms with Crippen LogP contribution < -0.4 is 9.80 Å². The number of aliphatic hydroxyl groups is 1. The fourth-order valence-electron chi connectivity index (χ4n) is 4.75. The lowest BCUT2D eigenvalue weighted by Crippen LogP contribution is -2.31. The number of amides is 1. The van der Waals surface area contributed by atoms with Crippen LogP contribution in [0.25, 0.3) is 11.0 Å². The number of hydrogen-bond donors (Lipinski definition) is 2. The first-order chi connectivity index (χ1) is 17.8. The van der Waals surface area contributed by atoms with Gasteiger partial charge in [0.2, 0.25) is 5.78 Å². The number of halogens is 1. The number of phenolic OH excluding ortho intramolecular Hbond substituents is 1. The number of anilines is 2. The van der Waals surface area contributed by atoms with Crippen LogP contribution in [0.15, 0.2) is 88.5 Å². The van der Waals surface area contributed by atoms with E-state index in [4.69, 9.17) is 16.0 Å². The van der Waals surface area contributed by atoms with E-state index in [1.165, 1.54) is 17.0 Å². The summed E-state index contributed by atoms with van der Waals surface area (Å²) in [5.41, 5.74) is 2.42. The molecule has 0 aliphatic carbocycles. The van der Waals surface area contributed by atoms with Crippen LogP contribution >= 0.6 is 11.6 Å². The fourth-order valence-corrected chi connectivity index (χ4v) is 4.93. The van der Waals surface area contributed by atoms with Crippen molar-refractivity contribution in [3.8, 4) is 5.75 Å². The lowest BCUT2D eigenvalue weighted by atomic mass is 9.94. The minimum absolute atomic E-state index is 0.0193. The van der Waals surface area contributed by atoms with Gasteiger partial charge in [-0.2, -0.15) is 0 Å². The Hall–Kier alpha value is -4.23. The number of rotatable bonds is 7. The Morgan fingerprint density at radius 2 is 1.65 bits per heavy atom. The number of fused-ring (bicyclic) bond motifs is 1. The highest BCUT2D eigenvalue weighted by atomic mass is 35.5. The summed E-state index contributed by atoms with van der Waals surface area (Å²) in [5, 5.41) is 21.9. The standard InChI is InChI=1S/C29H25ClN2O5/c1-3-31(4-2)20-8-10-21(11-9-20)32-26(17-5-12-22(33)13-6-17)25(28(35)29(32)36)27(34)24-16-18-15-19(30)7-14-23(18)37-24/h5-16,26,33,35H,3-4H2,1-2H3. The molecule has 0 radical (unpaired) electrons. The molecule has 3 aromatic carbocycles. The summed E-state index contributed by atoms with van der Waals surface area (Å²) in [6.45, 7) is 5.79. The van der Waals surface area contributed by atoms with Gasteiger partial charge in [0.05, 0.1) is 11.6 Å². The second-order valence-corrected chi connectivity index (χ2v) is 9.18. The number of benzene rings is 3. The van der Waals surface area contributed by atoms with Gasteiger partial charge in [0.25, 0.3) is 5.91 Å². The molecule has 1 aliphatic rings. The second-order valence-electron chi connectivity index (χ2n) is 8.74. The molecule has 1 amide bonds. The van der Waals surface area contributed by atoms with Gasteiger partial charge in [0.15, 0.2) is 11.5 Å². The molecule has 2 heterocycles. The lowest BCUT2D eigenvalue weighted by molar-refractivity contribution is -0.117. The highest BCUT2D eigenvalue weighted by molar-refractivity contribution is 6.31. The van der Waals surface area contributed by atoms with Gasteiger partial charge in [0.1, 0.15) is 11.3 Å². The van der Waals surface area contributed by atoms with Gasteiger partial charge >= 0.3 is 0 Å². The minimum atomic E-state index is -0.934. The maximum atomic E-state index is 13.7. The zero-order valence-electron chi connectivity index (χ0n) is 20.3. The Balaban J connectivity index is 1.60. The van der Waals surface area contributed by atoms with Gasteiger partial charge < -0.3 is 19.5 Å². The third kappa shape index (κ3) is 4.32. The van der Waals surface area contributed by atoms with Crippen LogP contribution in [0.2, 0.25) is 5.02 Å². The molecule has 8 heteroatoms.